The molecule has 0 spiro atoms. The zero-order valence-corrected chi connectivity index (χ0v) is 28.5. The minimum Gasteiger partial charge on any atom is -0.394 e. The Hall–Kier alpha value is -0.0500. The van der Waals surface area contributed by atoms with Gasteiger partial charge in [0.25, 0.3) is 0 Å². The maximum atomic E-state index is 8.88. The molecule has 7 N–H and O–H groups in total. The summed E-state index contributed by atoms with van der Waals surface area (Å²) >= 11 is 0. The van der Waals surface area contributed by atoms with Gasteiger partial charge in [-0.15, -0.1) is 0 Å². The Labute approximate surface area is 245 Å². The largest absolute Gasteiger partial charge is 0.466 e. The third kappa shape index (κ3) is 112. The van der Waals surface area contributed by atoms with Gasteiger partial charge in [0.15, 0.2) is 0 Å². The van der Waals surface area contributed by atoms with Gasteiger partial charge in [0.05, 0.1) is 0 Å². The number of unbranched alkanes of at least 4 members (excludes halogenated alkanes) is 15. The molecule has 0 amide bonds. The van der Waals surface area contributed by atoms with Crippen LogP contribution in [0.5, 0.6) is 0 Å². The second-order valence-corrected chi connectivity index (χ2v) is 11.2. The van der Waals surface area contributed by atoms with Gasteiger partial charge >= 0.3 is 7.82 Å². The van der Waals surface area contributed by atoms with Gasteiger partial charge in [-0.3, -0.25) is 0 Å². The Balaban J connectivity index is -0.000000129. The van der Waals surface area contributed by atoms with Crippen LogP contribution in [0.15, 0.2) is 0 Å². The van der Waals surface area contributed by atoms with E-state index in [4.69, 9.17) is 24.4 Å². The van der Waals surface area contributed by atoms with Crippen molar-refractivity contribution in [1.82, 2.24) is 16.0 Å². The molecule has 0 aromatic heterocycles. The van der Waals surface area contributed by atoms with Crippen LogP contribution in [-0.4, -0.2) is 66.7 Å². The highest BCUT2D eigenvalue weighted by molar-refractivity contribution is 7.45. The van der Waals surface area contributed by atoms with Crippen molar-refractivity contribution in [2.45, 2.75) is 156 Å². The summed E-state index contributed by atoms with van der Waals surface area (Å²) in [4.78, 5) is 21.6. The highest BCUT2D eigenvalue weighted by Gasteiger charge is 2.00. The van der Waals surface area contributed by atoms with Gasteiger partial charge in [-0.25, -0.2) is 4.57 Å². The highest BCUT2D eigenvalue weighted by Crippen LogP contribution is 2.25. The summed E-state index contributed by atoms with van der Waals surface area (Å²) in [5.41, 5.74) is 0. The summed E-state index contributed by atoms with van der Waals surface area (Å²) in [6.07, 6.45) is 25.0. The second-order valence-electron chi connectivity index (χ2n) is 10.2. The summed E-state index contributed by atoms with van der Waals surface area (Å²) in [7, 11) is 1.42. The van der Waals surface area contributed by atoms with E-state index in [1.165, 1.54) is 135 Å². The van der Waals surface area contributed by atoms with Crippen LogP contribution >= 0.6 is 7.82 Å². The molecule has 0 heterocycles. The predicted octanol–water partition coefficient (Wildman–Crippen LogP) is 7.16. The molecule has 0 rings (SSSR count). The average Bonchev–Trinajstić information content (AvgIpc) is 2.85. The fourth-order valence-electron chi connectivity index (χ4n) is 3.25. The van der Waals surface area contributed by atoms with Crippen molar-refractivity contribution in [3.8, 4) is 0 Å². The molecule has 0 aliphatic carbocycles. The number of hydrogen-bond donors (Lipinski definition) is 7. The minimum absolute atomic E-state index is 0.167. The van der Waals surface area contributed by atoms with Gasteiger partial charge in [-0.2, -0.15) is 0 Å². The molecule has 0 aliphatic rings. The molecular weight excluding hydrogens is 513 g/mol. The third-order valence-corrected chi connectivity index (χ3v) is 5.34. The van der Waals surface area contributed by atoms with Crippen LogP contribution in [-0.2, 0) is 4.57 Å². The lowest BCUT2D eigenvalue weighted by atomic mass is 10.1. The molecule has 0 saturated carbocycles. The van der Waals surface area contributed by atoms with Crippen molar-refractivity contribution in [2.24, 2.45) is 0 Å². The van der Waals surface area contributed by atoms with E-state index in [1.54, 1.807) is 13.8 Å². The normalized spacial score (nSPS) is 10.3. The van der Waals surface area contributed by atoms with Crippen LogP contribution < -0.4 is 16.0 Å². The number of phosphoric acid groups is 1. The van der Waals surface area contributed by atoms with Crippen LogP contribution in [0.25, 0.3) is 0 Å². The van der Waals surface area contributed by atoms with E-state index < -0.39 is 7.82 Å². The van der Waals surface area contributed by atoms with Crippen molar-refractivity contribution < 1.29 is 24.4 Å². The quantitative estimate of drug-likeness (QED) is 0.0556. The lowest BCUT2D eigenvalue weighted by Crippen LogP contribution is -2.06. The average molecular weight is 588 g/mol. The standard InChI is InChI=1S/3C9H21N.C3H8O.H3O4P/c3*1-3-4-5-6-7-8-9-10-2;1-3(2)4;1-5(2,3)4/h3*10H,3-9H2,1-2H3;3-4H,1-2H3;(H3,1,2,3,4). The molecule has 0 atom stereocenters. The maximum Gasteiger partial charge on any atom is 0.466 e. The summed E-state index contributed by atoms with van der Waals surface area (Å²) < 4.78 is 8.88. The molecule has 244 valence electrons. The summed E-state index contributed by atoms with van der Waals surface area (Å²) in [5.74, 6) is 0. The smallest absolute Gasteiger partial charge is 0.394 e. The van der Waals surface area contributed by atoms with E-state index in [-0.39, 0.29) is 6.10 Å². The fourth-order valence-corrected chi connectivity index (χ4v) is 3.25. The number of aliphatic hydroxyl groups is 1. The summed E-state index contributed by atoms with van der Waals surface area (Å²) in [6.45, 7) is 13.8. The van der Waals surface area contributed by atoms with Gasteiger partial charge in [-0.05, 0) is 73.9 Å². The molecular formula is C30H74N3O5P. The first-order valence-electron chi connectivity index (χ1n) is 15.9. The Kier molecular flexibility index (Phi) is 59.6. The fraction of sp³-hybridized carbons (Fsp3) is 1.00. The van der Waals surface area contributed by atoms with Crippen molar-refractivity contribution in [3.63, 3.8) is 0 Å². The predicted molar refractivity (Wildman–Crippen MR) is 174 cm³/mol. The minimum atomic E-state index is -4.64. The number of nitrogens with one attached hydrogen (secondary N) is 3. The number of hydrogen-bond acceptors (Lipinski definition) is 5. The molecule has 39 heavy (non-hydrogen) atoms. The van der Waals surface area contributed by atoms with Crippen molar-refractivity contribution in [2.75, 3.05) is 40.8 Å². The Morgan fingerprint density at radius 1 is 0.487 bits per heavy atom. The van der Waals surface area contributed by atoms with E-state index in [0.29, 0.717) is 0 Å². The van der Waals surface area contributed by atoms with Crippen molar-refractivity contribution in [3.05, 3.63) is 0 Å². The molecule has 0 fully saturated rings. The van der Waals surface area contributed by atoms with Crippen LogP contribution in [0.2, 0.25) is 0 Å². The Bertz CT molecular complexity index is 341. The van der Waals surface area contributed by atoms with E-state index in [9.17, 15) is 0 Å². The van der Waals surface area contributed by atoms with Gasteiger partial charge in [-0.1, -0.05) is 117 Å². The first-order valence-corrected chi connectivity index (χ1v) is 17.4. The molecule has 0 radical (unpaired) electrons. The van der Waals surface area contributed by atoms with Crippen LogP contribution in [0.3, 0.4) is 0 Å². The van der Waals surface area contributed by atoms with E-state index in [1.807, 2.05) is 21.1 Å². The summed E-state index contributed by atoms with van der Waals surface area (Å²) in [6, 6.07) is 0. The van der Waals surface area contributed by atoms with Crippen LogP contribution in [0.4, 0.5) is 0 Å². The van der Waals surface area contributed by atoms with E-state index >= 15 is 0 Å². The Morgan fingerprint density at radius 3 is 0.795 bits per heavy atom. The summed E-state index contributed by atoms with van der Waals surface area (Å²) in [5, 5.41) is 17.5. The van der Waals surface area contributed by atoms with E-state index in [0.717, 1.165) is 0 Å². The van der Waals surface area contributed by atoms with Gasteiger partial charge in [0.1, 0.15) is 0 Å². The number of rotatable bonds is 21. The first-order chi connectivity index (χ1) is 18.5. The zero-order valence-electron chi connectivity index (χ0n) is 27.6. The molecule has 0 aromatic carbocycles. The molecule has 0 unspecified atom stereocenters. The van der Waals surface area contributed by atoms with E-state index in [2.05, 4.69) is 36.7 Å². The number of aliphatic hydroxyl groups excluding tert-OH is 1. The van der Waals surface area contributed by atoms with Gasteiger partial charge < -0.3 is 35.7 Å². The highest BCUT2D eigenvalue weighted by atomic mass is 31.2. The van der Waals surface area contributed by atoms with Gasteiger partial charge in [0.2, 0.25) is 0 Å². The zero-order chi connectivity index (χ0) is 31.0. The second kappa shape index (κ2) is 47.7. The van der Waals surface area contributed by atoms with Crippen molar-refractivity contribution in [1.29, 1.82) is 0 Å². The lowest BCUT2D eigenvalue weighted by Gasteiger charge is -1.98. The Morgan fingerprint density at radius 2 is 0.641 bits per heavy atom. The maximum absolute atomic E-state index is 8.88. The molecule has 0 saturated heterocycles. The van der Waals surface area contributed by atoms with Crippen molar-refractivity contribution >= 4 is 7.82 Å². The molecule has 0 bridgehead atoms. The lowest BCUT2D eigenvalue weighted by molar-refractivity contribution is 0.216. The molecule has 0 aliphatic heterocycles. The molecule has 0 aromatic rings. The van der Waals surface area contributed by atoms with Gasteiger partial charge in [0, 0.05) is 6.10 Å². The monoisotopic (exact) mass is 588 g/mol. The molecule has 9 heteroatoms. The van der Waals surface area contributed by atoms with Crippen LogP contribution in [0.1, 0.15) is 150 Å². The first kappa shape index (κ1) is 48.7. The SMILES string of the molecule is CC(C)O.CCCCCCCCNC.CCCCCCCCNC.CCCCCCCCNC.O=P(O)(O)O. The molecule has 8 nitrogen and oxygen atoms in total. The van der Waals surface area contributed by atoms with Crippen LogP contribution in [0, 0.1) is 0 Å². The topological polar surface area (TPSA) is 134 Å². The third-order valence-electron chi connectivity index (χ3n) is 5.34.